The van der Waals surface area contributed by atoms with Crippen LogP contribution in [0.3, 0.4) is 0 Å². The van der Waals surface area contributed by atoms with Gasteiger partial charge >= 0.3 is 0 Å². The molecule has 2 rings (SSSR count). The van der Waals surface area contributed by atoms with Crippen molar-refractivity contribution in [3.63, 3.8) is 0 Å². The van der Waals surface area contributed by atoms with Gasteiger partial charge in [-0.15, -0.1) is 0 Å². The van der Waals surface area contributed by atoms with E-state index in [4.69, 9.17) is 0 Å². The SMILES string of the molecule is CC(=O)c1cnc(N(C)C(C)C2CC2)s1. The Labute approximate surface area is 94.1 Å². The van der Waals surface area contributed by atoms with E-state index in [0.717, 1.165) is 15.9 Å². The lowest BCUT2D eigenvalue weighted by Crippen LogP contribution is -2.30. The molecule has 1 saturated carbocycles. The summed E-state index contributed by atoms with van der Waals surface area (Å²) in [5.41, 5.74) is 0. The fourth-order valence-corrected chi connectivity index (χ4v) is 2.52. The summed E-state index contributed by atoms with van der Waals surface area (Å²) in [6.07, 6.45) is 4.34. The van der Waals surface area contributed by atoms with Crippen molar-refractivity contribution in [2.75, 3.05) is 11.9 Å². The maximum Gasteiger partial charge on any atom is 0.185 e. The molecule has 15 heavy (non-hydrogen) atoms. The number of aromatic nitrogens is 1. The third-order valence-electron chi connectivity index (χ3n) is 3.06. The van der Waals surface area contributed by atoms with Gasteiger partial charge in [-0.25, -0.2) is 4.98 Å². The maximum atomic E-state index is 11.1. The predicted octanol–water partition coefficient (Wildman–Crippen LogP) is 2.58. The van der Waals surface area contributed by atoms with Crippen LogP contribution >= 0.6 is 11.3 Å². The molecule has 1 fully saturated rings. The topological polar surface area (TPSA) is 33.2 Å². The van der Waals surface area contributed by atoms with Crippen LogP contribution in [0, 0.1) is 5.92 Å². The van der Waals surface area contributed by atoms with E-state index in [1.165, 1.54) is 24.2 Å². The van der Waals surface area contributed by atoms with Gasteiger partial charge in [0, 0.05) is 20.0 Å². The highest BCUT2D eigenvalue weighted by molar-refractivity contribution is 7.17. The Morgan fingerprint density at radius 3 is 2.80 bits per heavy atom. The second-order valence-corrected chi connectivity index (χ2v) is 5.26. The van der Waals surface area contributed by atoms with Crippen LogP contribution in [-0.4, -0.2) is 23.9 Å². The summed E-state index contributed by atoms with van der Waals surface area (Å²) in [6, 6.07) is 0.538. The summed E-state index contributed by atoms with van der Waals surface area (Å²) in [5.74, 6) is 0.922. The molecule has 0 N–H and O–H groups in total. The highest BCUT2D eigenvalue weighted by Crippen LogP contribution is 2.37. The average Bonchev–Trinajstić information content (AvgIpc) is 2.93. The molecule has 1 aliphatic rings. The van der Waals surface area contributed by atoms with E-state index < -0.39 is 0 Å². The summed E-state index contributed by atoms with van der Waals surface area (Å²) in [7, 11) is 2.06. The normalized spacial score (nSPS) is 17.5. The number of carbonyl (C=O) groups is 1. The van der Waals surface area contributed by atoms with Gasteiger partial charge in [-0.1, -0.05) is 11.3 Å². The Bertz CT molecular complexity index is 370. The lowest BCUT2D eigenvalue weighted by molar-refractivity contribution is 0.102. The van der Waals surface area contributed by atoms with Crippen molar-refractivity contribution in [2.24, 2.45) is 5.92 Å². The summed E-state index contributed by atoms with van der Waals surface area (Å²) in [5, 5.41) is 0.958. The van der Waals surface area contributed by atoms with Gasteiger partial charge in [0.15, 0.2) is 10.9 Å². The van der Waals surface area contributed by atoms with Crippen molar-refractivity contribution in [2.45, 2.75) is 32.7 Å². The molecule has 0 aliphatic heterocycles. The molecule has 1 atom stereocenters. The first-order valence-electron chi connectivity index (χ1n) is 5.29. The first-order valence-corrected chi connectivity index (χ1v) is 6.11. The number of carbonyl (C=O) groups excluding carboxylic acids is 1. The van der Waals surface area contributed by atoms with Crippen LogP contribution in [0.15, 0.2) is 6.20 Å². The zero-order valence-electron chi connectivity index (χ0n) is 9.36. The van der Waals surface area contributed by atoms with Crippen molar-refractivity contribution >= 4 is 22.3 Å². The second kappa shape index (κ2) is 3.93. The Balaban J connectivity index is 2.10. The van der Waals surface area contributed by atoms with Gasteiger partial charge in [0.25, 0.3) is 0 Å². The Morgan fingerprint density at radius 1 is 1.67 bits per heavy atom. The minimum atomic E-state index is 0.103. The summed E-state index contributed by atoms with van der Waals surface area (Å²) in [4.78, 5) is 18.4. The van der Waals surface area contributed by atoms with Crippen LogP contribution in [0.5, 0.6) is 0 Å². The van der Waals surface area contributed by atoms with E-state index in [9.17, 15) is 4.79 Å². The van der Waals surface area contributed by atoms with Crippen molar-refractivity contribution in [1.82, 2.24) is 4.98 Å². The van der Waals surface area contributed by atoms with Gasteiger partial charge < -0.3 is 4.90 Å². The number of Topliss-reactive ketones (excluding diaryl/α,β-unsaturated/α-hetero) is 1. The Morgan fingerprint density at radius 2 is 2.33 bits per heavy atom. The summed E-state index contributed by atoms with van der Waals surface area (Å²) >= 11 is 1.49. The molecule has 82 valence electrons. The van der Waals surface area contributed by atoms with Crippen molar-refractivity contribution in [3.05, 3.63) is 11.1 Å². The number of rotatable bonds is 4. The van der Waals surface area contributed by atoms with E-state index in [1.54, 1.807) is 13.1 Å². The fourth-order valence-electron chi connectivity index (χ4n) is 1.66. The monoisotopic (exact) mass is 224 g/mol. The van der Waals surface area contributed by atoms with Crippen molar-refractivity contribution in [1.29, 1.82) is 0 Å². The van der Waals surface area contributed by atoms with Gasteiger partial charge in [0.05, 0.1) is 11.1 Å². The first kappa shape index (κ1) is 10.6. The Hall–Kier alpha value is -0.900. The molecule has 0 bridgehead atoms. The van der Waals surface area contributed by atoms with Crippen molar-refractivity contribution < 1.29 is 4.79 Å². The largest absolute Gasteiger partial charge is 0.348 e. The molecule has 1 unspecified atom stereocenters. The van der Waals surface area contributed by atoms with Gasteiger partial charge in [-0.2, -0.15) is 0 Å². The predicted molar refractivity (Wildman–Crippen MR) is 62.7 cm³/mol. The van der Waals surface area contributed by atoms with Crippen LogP contribution in [0.25, 0.3) is 0 Å². The molecule has 0 spiro atoms. The lowest BCUT2D eigenvalue weighted by atomic mass is 10.2. The van der Waals surface area contributed by atoms with E-state index in [2.05, 4.69) is 23.9 Å². The van der Waals surface area contributed by atoms with Crippen LogP contribution in [0.1, 0.15) is 36.4 Å². The van der Waals surface area contributed by atoms with E-state index >= 15 is 0 Å². The minimum Gasteiger partial charge on any atom is -0.348 e. The second-order valence-electron chi connectivity index (χ2n) is 4.25. The minimum absolute atomic E-state index is 0.103. The van der Waals surface area contributed by atoms with E-state index in [-0.39, 0.29) is 5.78 Å². The number of hydrogen-bond acceptors (Lipinski definition) is 4. The number of hydrogen-bond donors (Lipinski definition) is 0. The molecule has 1 heterocycles. The lowest BCUT2D eigenvalue weighted by Gasteiger charge is -2.23. The summed E-state index contributed by atoms with van der Waals surface area (Å²) in [6.45, 7) is 3.81. The summed E-state index contributed by atoms with van der Waals surface area (Å²) < 4.78 is 0. The Kier molecular flexibility index (Phi) is 2.78. The zero-order valence-corrected chi connectivity index (χ0v) is 10.2. The third-order valence-corrected chi connectivity index (χ3v) is 4.25. The van der Waals surface area contributed by atoms with E-state index in [0.29, 0.717) is 6.04 Å². The van der Waals surface area contributed by atoms with Crippen LogP contribution in [0.2, 0.25) is 0 Å². The van der Waals surface area contributed by atoms with Crippen LogP contribution < -0.4 is 4.90 Å². The van der Waals surface area contributed by atoms with Gasteiger partial charge in [0.2, 0.25) is 0 Å². The number of ketones is 1. The third kappa shape index (κ3) is 2.20. The standard InChI is InChI=1S/C11H16N2OS/c1-7(9-4-5-9)13(3)11-12-6-10(15-11)8(2)14/h6-7,9H,4-5H2,1-3H3. The molecule has 0 radical (unpaired) electrons. The molecule has 4 heteroatoms. The number of thiazole rings is 1. The maximum absolute atomic E-state index is 11.1. The van der Waals surface area contributed by atoms with Gasteiger partial charge in [-0.3, -0.25) is 4.79 Å². The van der Waals surface area contributed by atoms with E-state index in [1.807, 2.05) is 0 Å². The molecule has 0 aromatic carbocycles. The molecule has 1 aliphatic carbocycles. The van der Waals surface area contributed by atoms with Gasteiger partial charge in [0.1, 0.15) is 0 Å². The van der Waals surface area contributed by atoms with Crippen LogP contribution in [0.4, 0.5) is 5.13 Å². The average molecular weight is 224 g/mol. The highest BCUT2D eigenvalue weighted by atomic mass is 32.1. The molecule has 1 aromatic rings. The van der Waals surface area contributed by atoms with Crippen molar-refractivity contribution in [3.8, 4) is 0 Å². The van der Waals surface area contributed by atoms with Crippen LogP contribution in [-0.2, 0) is 0 Å². The molecule has 1 aromatic heterocycles. The molecular weight excluding hydrogens is 208 g/mol. The first-order chi connectivity index (χ1) is 7.09. The smallest absolute Gasteiger partial charge is 0.185 e. The quantitative estimate of drug-likeness (QED) is 0.737. The molecular formula is C11H16N2OS. The highest BCUT2D eigenvalue weighted by Gasteiger charge is 2.31. The molecule has 0 saturated heterocycles. The fraction of sp³-hybridized carbons (Fsp3) is 0.636. The molecule has 3 nitrogen and oxygen atoms in total. The number of anilines is 1. The molecule has 0 amide bonds. The number of nitrogens with zero attached hydrogens (tertiary/aromatic N) is 2. The van der Waals surface area contributed by atoms with Gasteiger partial charge in [-0.05, 0) is 25.7 Å². The zero-order chi connectivity index (χ0) is 11.0.